The zero-order valence-corrected chi connectivity index (χ0v) is 11.9. The molecule has 18 heavy (non-hydrogen) atoms. The Hall–Kier alpha value is -0.910. The predicted octanol–water partition coefficient (Wildman–Crippen LogP) is 1.11. The molecule has 1 rings (SSSR count). The number of esters is 1. The van der Waals surface area contributed by atoms with Crippen LogP contribution in [-0.2, 0) is 24.2 Å². The third-order valence-corrected chi connectivity index (χ3v) is 5.69. The maximum absolute atomic E-state index is 12.0. The number of carbonyl (C=O) groups excluding carboxylic acids is 2. The molecule has 0 aromatic rings. The molecule has 6 heteroatoms. The number of hydrogen-bond donors (Lipinski definition) is 0. The van der Waals surface area contributed by atoms with Gasteiger partial charge >= 0.3 is 5.97 Å². The van der Waals surface area contributed by atoms with Gasteiger partial charge in [-0.2, -0.15) is 0 Å². The fraction of sp³-hybridized carbons (Fsp3) is 0.833. The first-order valence-electron chi connectivity index (χ1n) is 6.05. The second-order valence-electron chi connectivity index (χ2n) is 5.25. The minimum Gasteiger partial charge on any atom is -0.468 e. The summed E-state index contributed by atoms with van der Waals surface area (Å²) < 4.78 is 28.6. The SMILES string of the molecule is COC(=O)C(C)(C)C(=O)CS(=O)(=O)C1CCCC1. The van der Waals surface area contributed by atoms with Gasteiger partial charge in [0.1, 0.15) is 11.2 Å². The molecule has 1 aliphatic carbocycles. The van der Waals surface area contributed by atoms with E-state index in [2.05, 4.69) is 4.74 Å². The van der Waals surface area contributed by atoms with Crippen molar-refractivity contribution in [2.24, 2.45) is 5.41 Å². The van der Waals surface area contributed by atoms with Gasteiger partial charge in [0.15, 0.2) is 15.6 Å². The highest BCUT2D eigenvalue weighted by Gasteiger charge is 2.41. The van der Waals surface area contributed by atoms with E-state index in [4.69, 9.17) is 0 Å². The van der Waals surface area contributed by atoms with E-state index in [1.165, 1.54) is 21.0 Å². The van der Waals surface area contributed by atoms with Crippen LogP contribution >= 0.6 is 0 Å². The molecule has 1 fully saturated rings. The number of hydrogen-bond acceptors (Lipinski definition) is 5. The quantitative estimate of drug-likeness (QED) is 0.555. The van der Waals surface area contributed by atoms with Crippen LogP contribution < -0.4 is 0 Å². The zero-order valence-electron chi connectivity index (χ0n) is 11.1. The summed E-state index contributed by atoms with van der Waals surface area (Å²) in [5, 5.41) is -0.421. The van der Waals surface area contributed by atoms with Crippen molar-refractivity contribution >= 4 is 21.6 Å². The fourth-order valence-electron chi connectivity index (χ4n) is 2.10. The van der Waals surface area contributed by atoms with Crippen molar-refractivity contribution in [1.82, 2.24) is 0 Å². The fourth-order valence-corrected chi connectivity index (χ4v) is 4.11. The van der Waals surface area contributed by atoms with E-state index in [-0.39, 0.29) is 0 Å². The molecule has 0 amide bonds. The third-order valence-electron chi connectivity index (χ3n) is 3.54. The Morgan fingerprint density at radius 2 is 1.72 bits per heavy atom. The van der Waals surface area contributed by atoms with Gasteiger partial charge in [0.05, 0.1) is 12.4 Å². The van der Waals surface area contributed by atoms with E-state index in [0.717, 1.165) is 12.8 Å². The van der Waals surface area contributed by atoms with Crippen LogP contribution in [0.15, 0.2) is 0 Å². The van der Waals surface area contributed by atoms with Gasteiger partial charge in [0.25, 0.3) is 0 Å². The van der Waals surface area contributed by atoms with Crippen LogP contribution in [0.3, 0.4) is 0 Å². The smallest absolute Gasteiger partial charge is 0.318 e. The molecule has 0 aromatic heterocycles. The Morgan fingerprint density at radius 1 is 1.22 bits per heavy atom. The molecule has 1 saturated carbocycles. The summed E-state index contributed by atoms with van der Waals surface area (Å²) in [6, 6.07) is 0. The molecular formula is C12H20O5S. The molecular weight excluding hydrogens is 256 g/mol. The average molecular weight is 276 g/mol. The maximum Gasteiger partial charge on any atom is 0.318 e. The van der Waals surface area contributed by atoms with Crippen molar-refractivity contribution in [2.75, 3.05) is 12.9 Å². The highest BCUT2D eigenvalue weighted by molar-refractivity contribution is 7.92. The number of ether oxygens (including phenoxy) is 1. The number of Topliss-reactive ketones (excluding diaryl/α,β-unsaturated/α-hetero) is 1. The van der Waals surface area contributed by atoms with Crippen LogP contribution in [0.4, 0.5) is 0 Å². The van der Waals surface area contributed by atoms with Gasteiger partial charge in [0.2, 0.25) is 0 Å². The van der Waals surface area contributed by atoms with Gasteiger partial charge in [-0.25, -0.2) is 8.42 Å². The molecule has 0 spiro atoms. The first-order valence-corrected chi connectivity index (χ1v) is 7.76. The van der Waals surface area contributed by atoms with Crippen molar-refractivity contribution < 1.29 is 22.7 Å². The number of carbonyl (C=O) groups is 2. The number of sulfone groups is 1. The molecule has 0 heterocycles. The topological polar surface area (TPSA) is 77.5 Å². The molecule has 1 aliphatic rings. The molecule has 0 radical (unpaired) electrons. The normalized spacial score (nSPS) is 17.7. The highest BCUT2D eigenvalue weighted by atomic mass is 32.2. The van der Waals surface area contributed by atoms with E-state index < -0.39 is 38.0 Å². The molecule has 0 aromatic carbocycles. The van der Waals surface area contributed by atoms with Crippen molar-refractivity contribution in [3.05, 3.63) is 0 Å². The van der Waals surface area contributed by atoms with Crippen LogP contribution in [-0.4, -0.2) is 38.3 Å². The third kappa shape index (κ3) is 3.10. The standard InChI is InChI=1S/C12H20O5S/c1-12(2,11(14)17-3)10(13)8-18(15,16)9-6-4-5-7-9/h9H,4-8H2,1-3H3. The van der Waals surface area contributed by atoms with E-state index >= 15 is 0 Å². The number of ketones is 1. The number of methoxy groups -OCH3 is 1. The molecule has 0 saturated heterocycles. The van der Waals surface area contributed by atoms with Crippen molar-refractivity contribution in [2.45, 2.75) is 44.8 Å². The summed E-state index contributed by atoms with van der Waals surface area (Å²) >= 11 is 0. The van der Waals surface area contributed by atoms with Crippen LogP contribution in [0, 0.1) is 5.41 Å². The molecule has 5 nitrogen and oxygen atoms in total. The summed E-state index contributed by atoms with van der Waals surface area (Å²) in [4.78, 5) is 23.4. The Balaban J connectivity index is 2.78. The summed E-state index contributed by atoms with van der Waals surface area (Å²) in [5.74, 6) is -1.87. The zero-order chi connectivity index (χ0) is 14.0. The molecule has 104 valence electrons. The lowest BCUT2D eigenvalue weighted by atomic mass is 9.89. The molecule has 0 aliphatic heterocycles. The Bertz CT molecular complexity index is 429. The Morgan fingerprint density at radius 3 is 2.17 bits per heavy atom. The Kier molecular flexibility index (Phi) is 4.53. The van der Waals surface area contributed by atoms with Gasteiger partial charge in [-0.1, -0.05) is 12.8 Å². The predicted molar refractivity (Wildman–Crippen MR) is 66.8 cm³/mol. The second kappa shape index (κ2) is 5.38. The second-order valence-corrected chi connectivity index (χ2v) is 7.53. The lowest BCUT2D eigenvalue weighted by molar-refractivity contribution is -0.154. The molecule has 0 unspecified atom stereocenters. The lowest BCUT2D eigenvalue weighted by Gasteiger charge is -2.20. The van der Waals surface area contributed by atoms with Gasteiger partial charge in [-0.15, -0.1) is 0 Å². The number of rotatable bonds is 5. The minimum absolute atomic E-state index is 0.421. The Labute approximate surface area is 108 Å². The van der Waals surface area contributed by atoms with E-state index in [1.807, 2.05) is 0 Å². The molecule has 0 atom stereocenters. The summed E-state index contributed by atoms with van der Waals surface area (Å²) in [5.41, 5.74) is -1.40. The van der Waals surface area contributed by atoms with Crippen LogP contribution in [0.5, 0.6) is 0 Å². The monoisotopic (exact) mass is 276 g/mol. The lowest BCUT2D eigenvalue weighted by Crippen LogP contribution is -2.40. The van der Waals surface area contributed by atoms with Crippen LogP contribution in [0.25, 0.3) is 0 Å². The maximum atomic E-state index is 12.0. The van der Waals surface area contributed by atoms with E-state index in [1.54, 1.807) is 0 Å². The highest BCUT2D eigenvalue weighted by Crippen LogP contribution is 2.27. The summed E-state index contributed by atoms with van der Waals surface area (Å²) in [6.45, 7) is 2.79. The van der Waals surface area contributed by atoms with E-state index in [0.29, 0.717) is 12.8 Å². The van der Waals surface area contributed by atoms with Gasteiger partial charge < -0.3 is 4.74 Å². The average Bonchev–Trinajstić information content (AvgIpc) is 2.81. The molecule has 0 N–H and O–H groups in total. The first-order chi connectivity index (χ1) is 8.21. The molecule has 0 bridgehead atoms. The van der Waals surface area contributed by atoms with Crippen LogP contribution in [0.1, 0.15) is 39.5 Å². The van der Waals surface area contributed by atoms with Crippen molar-refractivity contribution in [3.8, 4) is 0 Å². The van der Waals surface area contributed by atoms with Crippen LogP contribution in [0.2, 0.25) is 0 Å². The minimum atomic E-state index is -3.44. The van der Waals surface area contributed by atoms with Crippen molar-refractivity contribution in [1.29, 1.82) is 0 Å². The largest absolute Gasteiger partial charge is 0.468 e. The van der Waals surface area contributed by atoms with Gasteiger partial charge in [-0.05, 0) is 26.7 Å². The van der Waals surface area contributed by atoms with Gasteiger partial charge in [-0.3, -0.25) is 9.59 Å². The van der Waals surface area contributed by atoms with Gasteiger partial charge in [0, 0.05) is 0 Å². The summed E-state index contributed by atoms with van der Waals surface area (Å²) in [6.07, 6.45) is 3.01. The summed E-state index contributed by atoms with van der Waals surface area (Å²) in [7, 11) is -2.26. The van der Waals surface area contributed by atoms with E-state index in [9.17, 15) is 18.0 Å². The first kappa shape index (κ1) is 15.1. The van der Waals surface area contributed by atoms with Crippen molar-refractivity contribution in [3.63, 3.8) is 0 Å².